The van der Waals surface area contributed by atoms with E-state index in [1.807, 2.05) is 13.2 Å². The molecular weight excluding hydrogens is 190 g/mol. The van der Waals surface area contributed by atoms with Crippen LogP contribution in [-0.2, 0) is 9.59 Å². The number of carboxylic acid groups (broad SMARTS) is 1. The van der Waals surface area contributed by atoms with Crippen molar-refractivity contribution >= 4 is 23.6 Å². The summed E-state index contributed by atoms with van der Waals surface area (Å²) in [6, 6.07) is 0. The Kier molecular flexibility index (Phi) is 5.53. The third kappa shape index (κ3) is 4.77. The molecule has 0 heterocycles. The number of aliphatic carboxylic acids is 1. The maximum atomic E-state index is 11.4. The number of hydrogen-bond acceptors (Lipinski definition) is 3. The van der Waals surface area contributed by atoms with E-state index in [9.17, 15) is 9.59 Å². The van der Waals surface area contributed by atoms with E-state index in [0.29, 0.717) is 0 Å². The van der Waals surface area contributed by atoms with Gasteiger partial charge in [-0.05, 0) is 13.2 Å². The van der Waals surface area contributed by atoms with E-state index in [0.717, 1.165) is 0 Å². The molecule has 0 spiro atoms. The second-order valence-electron chi connectivity index (χ2n) is 2.78. The Balaban J connectivity index is 3.89. The van der Waals surface area contributed by atoms with Gasteiger partial charge in [0.2, 0.25) is 5.91 Å². The maximum absolute atomic E-state index is 11.4. The second kappa shape index (κ2) is 5.85. The third-order valence-electron chi connectivity index (χ3n) is 1.74. The van der Waals surface area contributed by atoms with Crippen LogP contribution in [0.2, 0.25) is 0 Å². The molecule has 0 aromatic heterocycles. The molecule has 0 aliphatic rings. The smallest absolute Gasteiger partial charge is 0.305 e. The number of thioether (sulfide) groups is 1. The average Bonchev–Trinajstić information content (AvgIpc) is 2.11. The number of carboxylic acids is 1. The number of nitrogens with zero attached hydrogens (tertiary/aromatic N) is 1. The minimum absolute atomic E-state index is 0.00331. The van der Waals surface area contributed by atoms with Gasteiger partial charge in [0.1, 0.15) is 0 Å². The van der Waals surface area contributed by atoms with Gasteiger partial charge >= 0.3 is 5.97 Å². The monoisotopic (exact) mass is 205 g/mol. The molecule has 1 atom stereocenters. The molecule has 76 valence electrons. The van der Waals surface area contributed by atoms with Crippen LogP contribution in [0.3, 0.4) is 0 Å². The zero-order valence-electron chi connectivity index (χ0n) is 8.11. The number of amides is 1. The fourth-order valence-electron chi connectivity index (χ4n) is 0.785. The van der Waals surface area contributed by atoms with E-state index < -0.39 is 5.97 Å². The molecular formula is C8H15NO3S. The van der Waals surface area contributed by atoms with Crippen molar-refractivity contribution in [3.63, 3.8) is 0 Å². The minimum atomic E-state index is -0.878. The molecule has 1 unspecified atom stereocenters. The fraction of sp³-hybridized carbons (Fsp3) is 0.750. The highest BCUT2D eigenvalue weighted by atomic mass is 32.2. The van der Waals surface area contributed by atoms with Crippen LogP contribution < -0.4 is 0 Å². The summed E-state index contributed by atoms with van der Waals surface area (Å²) in [7, 11) is 1.62. The van der Waals surface area contributed by atoms with Crippen molar-refractivity contribution in [3.05, 3.63) is 0 Å². The molecule has 0 rings (SSSR count). The van der Waals surface area contributed by atoms with Crippen molar-refractivity contribution in [2.24, 2.45) is 0 Å². The van der Waals surface area contributed by atoms with Crippen LogP contribution in [0, 0.1) is 0 Å². The van der Waals surface area contributed by atoms with Gasteiger partial charge < -0.3 is 10.0 Å². The molecule has 4 nitrogen and oxygen atoms in total. The van der Waals surface area contributed by atoms with Gasteiger partial charge in [-0.1, -0.05) is 0 Å². The molecule has 0 aliphatic heterocycles. The summed E-state index contributed by atoms with van der Waals surface area (Å²) in [5.74, 6) is -0.898. The summed E-state index contributed by atoms with van der Waals surface area (Å²) < 4.78 is 0. The zero-order chi connectivity index (χ0) is 10.4. The lowest BCUT2D eigenvalue weighted by molar-refractivity contribution is -0.138. The largest absolute Gasteiger partial charge is 0.481 e. The Labute approximate surface area is 82.3 Å². The van der Waals surface area contributed by atoms with Gasteiger partial charge in [-0.25, -0.2) is 0 Å². The molecule has 0 radical (unpaired) electrons. The van der Waals surface area contributed by atoms with E-state index in [4.69, 9.17) is 5.11 Å². The summed E-state index contributed by atoms with van der Waals surface area (Å²) in [5.41, 5.74) is 0. The predicted octanol–water partition coefficient (Wildman–Crippen LogP) is 0.671. The van der Waals surface area contributed by atoms with E-state index in [-0.39, 0.29) is 24.1 Å². The summed E-state index contributed by atoms with van der Waals surface area (Å²) in [6.45, 7) is 2.09. The molecule has 1 N–H and O–H groups in total. The van der Waals surface area contributed by atoms with Crippen LogP contribution in [-0.4, -0.2) is 47.0 Å². The lowest BCUT2D eigenvalue weighted by Gasteiger charge is -2.19. The van der Waals surface area contributed by atoms with Crippen molar-refractivity contribution in [2.75, 3.05) is 19.8 Å². The number of rotatable bonds is 5. The number of carbonyl (C=O) groups is 2. The Morgan fingerprint density at radius 2 is 2.08 bits per heavy atom. The first-order valence-electron chi connectivity index (χ1n) is 3.98. The van der Waals surface area contributed by atoms with Gasteiger partial charge in [-0.15, -0.1) is 0 Å². The van der Waals surface area contributed by atoms with E-state index in [1.165, 1.54) is 16.7 Å². The normalized spacial score (nSPS) is 12.2. The van der Waals surface area contributed by atoms with Crippen molar-refractivity contribution in [1.29, 1.82) is 0 Å². The van der Waals surface area contributed by atoms with Crippen LogP contribution >= 0.6 is 11.8 Å². The third-order valence-corrected chi connectivity index (χ3v) is 2.65. The molecule has 5 heteroatoms. The molecule has 0 aliphatic carbocycles. The SMILES string of the molecule is CSC(C)C(=O)N(C)CCC(=O)O. The molecule has 0 fully saturated rings. The fourth-order valence-corrected chi connectivity index (χ4v) is 1.17. The highest BCUT2D eigenvalue weighted by Gasteiger charge is 2.16. The predicted molar refractivity (Wildman–Crippen MR) is 52.9 cm³/mol. The topological polar surface area (TPSA) is 57.6 Å². The average molecular weight is 205 g/mol. The van der Waals surface area contributed by atoms with Crippen LogP contribution in [0.25, 0.3) is 0 Å². The highest BCUT2D eigenvalue weighted by Crippen LogP contribution is 2.08. The molecule has 0 saturated carbocycles. The van der Waals surface area contributed by atoms with Gasteiger partial charge in [-0.2, -0.15) is 11.8 Å². The van der Waals surface area contributed by atoms with Gasteiger partial charge in [-0.3, -0.25) is 9.59 Å². The van der Waals surface area contributed by atoms with Crippen LogP contribution in [0.15, 0.2) is 0 Å². The maximum Gasteiger partial charge on any atom is 0.305 e. The van der Waals surface area contributed by atoms with Crippen LogP contribution in [0.4, 0.5) is 0 Å². The lowest BCUT2D eigenvalue weighted by atomic mass is 10.3. The quantitative estimate of drug-likeness (QED) is 0.716. The van der Waals surface area contributed by atoms with E-state index in [1.54, 1.807) is 7.05 Å². The molecule has 0 aromatic rings. The first-order chi connectivity index (χ1) is 5.99. The van der Waals surface area contributed by atoms with Crippen molar-refractivity contribution in [3.8, 4) is 0 Å². The molecule has 0 bridgehead atoms. The molecule has 13 heavy (non-hydrogen) atoms. The molecule has 0 aromatic carbocycles. The Hall–Kier alpha value is -0.710. The Morgan fingerprint density at radius 3 is 2.46 bits per heavy atom. The highest BCUT2D eigenvalue weighted by molar-refractivity contribution is 7.99. The summed E-state index contributed by atoms with van der Waals surface area (Å²) >= 11 is 1.46. The second-order valence-corrected chi connectivity index (χ2v) is 3.96. The molecule has 0 saturated heterocycles. The first kappa shape index (κ1) is 12.3. The van der Waals surface area contributed by atoms with Crippen molar-refractivity contribution in [2.45, 2.75) is 18.6 Å². The van der Waals surface area contributed by atoms with Crippen LogP contribution in [0.5, 0.6) is 0 Å². The molecule has 1 amide bonds. The summed E-state index contributed by atoms with van der Waals surface area (Å²) in [6.07, 6.45) is 1.86. The van der Waals surface area contributed by atoms with Gasteiger partial charge in [0.05, 0.1) is 11.7 Å². The Bertz CT molecular complexity index is 196. The summed E-state index contributed by atoms with van der Waals surface area (Å²) in [4.78, 5) is 23.1. The standard InChI is InChI=1S/C8H15NO3S/c1-6(13-3)8(12)9(2)5-4-7(10)11/h6H,4-5H2,1-3H3,(H,10,11). The lowest BCUT2D eigenvalue weighted by Crippen LogP contribution is -2.34. The Morgan fingerprint density at radius 1 is 1.54 bits per heavy atom. The number of carbonyl (C=O) groups excluding carboxylic acids is 1. The van der Waals surface area contributed by atoms with Gasteiger partial charge in [0.25, 0.3) is 0 Å². The van der Waals surface area contributed by atoms with E-state index in [2.05, 4.69) is 0 Å². The van der Waals surface area contributed by atoms with Gasteiger partial charge in [0.15, 0.2) is 0 Å². The van der Waals surface area contributed by atoms with E-state index >= 15 is 0 Å². The van der Waals surface area contributed by atoms with Crippen molar-refractivity contribution < 1.29 is 14.7 Å². The van der Waals surface area contributed by atoms with Crippen LogP contribution in [0.1, 0.15) is 13.3 Å². The summed E-state index contributed by atoms with van der Waals surface area (Å²) in [5, 5.41) is 8.30. The van der Waals surface area contributed by atoms with Gasteiger partial charge in [0, 0.05) is 13.6 Å². The number of hydrogen-bond donors (Lipinski definition) is 1. The first-order valence-corrected chi connectivity index (χ1v) is 5.27. The minimum Gasteiger partial charge on any atom is -0.481 e. The van der Waals surface area contributed by atoms with Crippen molar-refractivity contribution in [1.82, 2.24) is 4.90 Å². The zero-order valence-corrected chi connectivity index (χ0v) is 8.93.